The molecule has 0 spiro atoms. The number of piperidine rings is 1. The predicted octanol–water partition coefficient (Wildman–Crippen LogP) is 10.7. The number of carbonyl (C=O) groups excluding carboxylic acids is 2. The predicted molar refractivity (Wildman–Crippen MR) is 247 cm³/mol. The molecule has 0 aromatic heterocycles. The Morgan fingerprint density at radius 2 is 1.46 bits per heavy atom. The first-order valence-electron chi connectivity index (χ1n) is 22.6. The maximum atomic E-state index is 14.0. The van der Waals surface area contributed by atoms with E-state index in [2.05, 4.69) is 70.2 Å². The molecule has 2 heterocycles. The van der Waals surface area contributed by atoms with Gasteiger partial charge in [-0.3, -0.25) is 9.69 Å². The molecule has 3 amide bonds. The Morgan fingerprint density at radius 1 is 0.746 bits per heavy atom. The number of likely N-dealkylation sites (tertiary alicyclic amines) is 1. The monoisotopic (exact) mass is 850 g/mol. The van der Waals surface area contributed by atoms with Crippen LogP contribution in [0, 0.1) is 11.8 Å². The van der Waals surface area contributed by atoms with Gasteiger partial charge in [-0.15, -0.1) is 0 Å². The lowest BCUT2D eigenvalue weighted by Gasteiger charge is -2.51. The lowest BCUT2D eigenvalue weighted by molar-refractivity contribution is -0.278. The second kappa shape index (κ2) is 19.9. The molecule has 1 saturated carbocycles. The summed E-state index contributed by atoms with van der Waals surface area (Å²) in [6, 6.07) is 41.1. The Balaban J connectivity index is 0.986. The first kappa shape index (κ1) is 44.1. The summed E-state index contributed by atoms with van der Waals surface area (Å²) in [6.45, 7) is 9.30. The van der Waals surface area contributed by atoms with Gasteiger partial charge in [0.2, 0.25) is 5.91 Å². The van der Waals surface area contributed by atoms with Crippen LogP contribution < -0.4 is 20.7 Å². The summed E-state index contributed by atoms with van der Waals surface area (Å²) in [6.07, 6.45) is 5.49. The third kappa shape index (κ3) is 11.2. The minimum absolute atomic E-state index is 0.0193. The number of amides is 3. The zero-order valence-corrected chi connectivity index (χ0v) is 37.0. The fourth-order valence-electron chi connectivity index (χ4n) is 9.58. The maximum absolute atomic E-state index is 14.0. The van der Waals surface area contributed by atoms with Crippen molar-refractivity contribution in [2.75, 3.05) is 11.9 Å². The number of aliphatic hydroxyl groups excluding tert-OH is 1. The Hall–Kier alpha value is -5.52. The Labute approximate surface area is 372 Å². The summed E-state index contributed by atoms with van der Waals surface area (Å²) in [5.41, 5.74) is 6.08. The van der Waals surface area contributed by atoms with E-state index in [1.165, 1.54) is 19.3 Å². The van der Waals surface area contributed by atoms with Gasteiger partial charge in [0.05, 0.1) is 24.9 Å². The molecular weight excluding hydrogens is 789 g/mol. The summed E-state index contributed by atoms with van der Waals surface area (Å²) in [5, 5.41) is 19.0. The molecule has 5 aromatic rings. The number of ether oxygens (including phenoxy) is 3. The molecule has 8 rings (SSSR count). The van der Waals surface area contributed by atoms with E-state index in [0.717, 1.165) is 58.4 Å². The van der Waals surface area contributed by atoms with Crippen molar-refractivity contribution in [2.45, 2.75) is 115 Å². The average molecular weight is 851 g/mol. The standard InChI is InChI=1S/C53H62N4O6/c1-35-48(33-57-46-19-9-8-13-38(46)24-29-47(57)50(59)56-53(2,3)4)62-51(63-49(35)39-22-20-36(34-58)21-23-39)42-16-11-15-41(31-42)40-14-10-12-37(30-40)32-54-52(60)55-43-25-27-45(28-26-43)61-44-17-6-5-7-18-44/h5-7,10-12,14-18,20-23,25-28,30-31,35,38,46-49,51,58H,8-9,13,19,24,29,32-34H2,1-4H3,(H,56,59)(H2,54,55,60)/t35-,38+,46+,47+,48+,49+,51+/m0/s1. The van der Waals surface area contributed by atoms with Gasteiger partial charge in [-0.1, -0.05) is 98.6 Å². The molecule has 2 aliphatic heterocycles. The van der Waals surface area contributed by atoms with Crippen molar-refractivity contribution in [3.63, 3.8) is 0 Å². The van der Waals surface area contributed by atoms with Crippen molar-refractivity contribution in [3.05, 3.63) is 150 Å². The van der Waals surface area contributed by atoms with Crippen LogP contribution in [-0.4, -0.2) is 52.2 Å². The number of anilines is 1. The number of benzene rings is 5. The Bertz CT molecular complexity index is 2300. The average Bonchev–Trinajstić information content (AvgIpc) is 3.29. The van der Waals surface area contributed by atoms with Crippen LogP contribution in [0.4, 0.5) is 10.5 Å². The number of hydrogen-bond acceptors (Lipinski definition) is 7. The molecule has 7 atom stereocenters. The SMILES string of the molecule is C[C@H]1[C@@H](CN2[C@@H](C(=O)NC(C)(C)C)CC[C@H]3CCCC[C@H]32)O[C@@H](c2cccc(-c3cccc(CNC(=O)Nc4ccc(Oc5ccccc5)cc4)c3)c2)O[C@H]1c1ccc(CO)cc1. The smallest absolute Gasteiger partial charge is 0.319 e. The molecular formula is C53H62N4O6. The topological polar surface area (TPSA) is 121 Å². The van der Waals surface area contributed by atoms with E-state index in [4.69, 9.17) is 14.2 Å². The highest BCUT2D eigenvalue weighted by Gasteiger charge is 2.46. The molecule has 0 bridgehead atoms. The first-order chi connectivity index (χ1) is 30.5. The molecule has 0 unspecified atom stereocenters. The van der Waals surface area contributed by atoms with Gasteiger partial charge < -0.3 is 35.3 Å². The number of rotatable bonds is 12. The molecule has 4 N–H and O–H groups in total. The lowest BCUT2D eigenvalue weighted by Crippen LogP contribution is -2.61. The van der Waals surface area contributed by atoms with Gasteiger partial charge in [0, 0.05) is 41.8 Å². The van der Waals surface area contributed by atoms with Crippen molar-refractivity contribution < 1.29 is 28.9 Å². The normalized spacial score (nSPS) is 23.9. The quantitative estimate of drug-likeness (QED) is 0.0986. The van der Waals surface area contributed by atoms with Crippen LogP contribution in [0.25, 0.3) is 11.1 Å². The van der Waals surface area contributed by atoms with Crippen molar-refractivity contribution in [3.8, 4) is 22.6 Å². The molecule has 330 valence electrons. The summed E-state index contributed by atoms with van der Waals surface area (Å²) in [4.78, 5) is 29.4. The van der Waals surface area contributed by atoms with Crippen molar-refractivity contribution >= 4 is 17.6 Å². The molecule has 5 aromatic carbocycles. The van der Waals surface area contributed by atoms with Crippen LogP contribution in [0.3, 0.4) is 0 Å². The number of carbonyl (C=O) groups is 2. The number of urea groups is 1. The second-order valence-corrected chi connectivity index (χ2v) is 18.5. The van der Waals surface area contributed by atoms with Crippen LogP contribution in [0.5, 0.6) is 11.5 Å². The molecule has 10 heteroatoms. The highest BCUT2D eigenvalue weighted by atomic mass is 16.7. The second-order valence-electron chi connectivity index (χ2n) is 18.5. The molecule has 2 saturated heterocycles. The zero-order chi connectivity index (χ0) is 43.9. The number of nitrogens with zero attached hydrogens (tertiary/aromatic N) is 1. The van der Waals surface area contributed by atoms with Crippen LogP contribution in [0.15, 0.2) is 127 Å². The van der Waals surface area contributed by atoms with Gasteiger partial charge in [-0.2, -0.15) is 0 Å². The van der Waals surface area contributed by atoms with E-state index in [1.807, 2.05) is 106 Å². The summed E-state index contributed by atoms with van der Waals surface area (Å²) in [7, 11) is 0. The van der Waals surface area contributed by atoms with Gasteiger partial charge in [0.1, 0.15) is 11.5 Å². The van der Waals surface area contributed by atoms with Crippen molar-refractivity contribution in [1.82, 2.24) is 15.5 Å². The minimum Gasteiger partial charge on any atom is -0.457 e. The van der Waals surface area contributed by atoms with Crippen LogP contribution in [0.1, 0.15) is 101 Å². The van der Waals surface area contributed by atoms with Crippen molar-refractivity contribution in [1.29, 1.82) is 0 Å². The van der Waals surface area contributed by atoms with E-state index in [9.17, 15) is 14.7 Å². The minimum atomic E-state index is -0.657. The van der Waals surface area contributed by atoms with E-state index in [-0.39, 0.29) is 48.3 Å². The van der Waals surface area contributed by atoms with E-state index in [0.29, 0.717) is 36.5 Å². The maximum Gasteiger partial charge on any atom is 0.319 e. The number of nitrogens with one attached hydrogen (secondary N) is 3. The summed E-state index contributed by atoms with van der Waals surface area (Å²) >= 11 is 0. The molecule has 0 radical (unpaired) electrons. The third-order valence-electron chi connectivity index (χ3n) is 12.8. The highest BCUT2D eigenvalue weighted by Crippen LogP contribution is 2.45. The molecule has 3 aliphatic rings. The largest absolute Gasteiger partial charge is 0.457 e. The van der Waals surface area contributed by atoms with Crippen LogP contribution in [-0.2, 0) is 27.4 Å². The number of hydrogen-bond donors (Lipinski definition) is 4. The van der Waals surface area contributed by atoms with Gasteiger partial charge in [-0.05, 0) is 129 Å². The van der Waals surface area contributed by atoms with Crippen molar-refractivity contribution in [2.24, 2.45) is 11.8 Å². The summed E-state index contributed by atoms with van der Waals surface area (Å²) in [5.74, 6) is 2.10. The molecule has 3 fully saturated rings. The van der Waals surface area contributed by atoms with Gasteiger partial charge in [-0.25, -0.2) is 4.79 Å². The molecule has 63 heavy (non-hydrogen) atoms. The molecule has 10 nitrogen and oxygen atoms in total. The Kier molecular flexibility index (Phi) is 13.9. The highest BCUT2D eigenvalue weighted by molar-refractivity contribution is 5.89. The fraction of sp³-hybridized carbons (Fsp3) is 0.396. The van der Waals surface area contributed by atoms with E-state index < -0.39 is 6.29 Å². The Morgan fingerprint density at radius 3 is 2.21 bits per heavy atom. The lowest BCUT2D eigenvalue weighted by atomic mass is 9.75. The van der Waals surface area contributed by atoms with Gasteiger partial charge in [0.15, 0.2) is 6.29 Å². The number of para-hydroxylation sites is 1. The van der Waals surface area contributed by atoms with E-state index in [1.54, 1.807) is 0 Å². The van der Waals surface area contributed by atoms with Gasteiger partial charge in [0.25, 0.3) is 0 Å². The van der Waals surface area contributed by atoms with Crippen LogP contribution in [0.2, 0.25) is 0 Å². The third-order valence-corrected chi connectivity index (χ3v) is 12.8. The summed E-state index contributed by atoms with van der Waals surface area (Å²) < 4.78 is 19.9. The fourth-order valence-corrected chi connectivity index (χ4v) is 9.58. The molecule has 1 aliphatic carbocycles. The van der Waals surface area contributed by atoms with E-state index >= 15 is 0 Å². The number of fused-ring (bicyclic) bond motifs is 1. The van der Waals surface area contributed by atoms with Crippen LogP contribution >= 0.6 is 0 Å². The number of aliphatic hydroxyl groups is 1. The van der Waals surface area contributed by atoms with Gasteiger partial charge >= 0.3 is 6.03 Å². The first-order valence-corrected chi connectivity index (χ1v) is 22.6. The zero-order valence-electron chi connectivity index (χ0n) is 37.0.